The minimum absolute atomic E-state index is 0.355. The fraction of sp³-hybridized carbons (Fsp3) is 0.250. The Kier molecular flexibility index (Phi) is 4.07. The van der Waals surface area contributed by atoms with Crippen LogP contribution >= 0.6 is 23.2 Å². The number of ether oxygens (including phenoxy) is 1. The molecule has 1 aliphatic heterocycles. The van der Waals surface area contributed by atoms with Gasteiger partial charge in [0.2, 0.25) is 0 Å². The highest BCUT2D eigenvalue weighted by Gasteiger charge is 2.21. The Morgan fingerprint density at radius 2 is 2.00 bits per heavy atom. The van der Waals surface area contributed by atoms with E-state index in [0.29, 0.717) is 28.6 Å². The largest absolute Gasteiger partial charge is 0.493 e. The number of hydrogen-bond donors (Lipinski definition) is 1. The van der Waals surface area contributed by atoms with Gasteiger partial charge in [-0.05, 0) is 47.9 Å². The van der Waals surface area contributed by atoms with Gasteiger partial charge >= 0.3 is 0 Å². The van der Waals surface area contributed by atoms with E-state index in [1.165, 1.54) is 12.1 Å². The fourth-order valence-corrected chi connectivity index (χ4v) is 3.09. The molecule has 0 aliphatic carbocycles. The van der Waals surface area contributed by atoms with Crippen molar-refractivity contribution in [1.29, 1.82) is 0 Å². The first kappa shape index (κ1) is 14.6. The highest BCUT2D eigenvalue weighted by atomic mass is 35.5. The summed E-state index contributed by atoms with van der Waals surface area (Å²) < 4.78 is 19.5. The molecule has 1 unspecified atom stereocenters. The third-order valence-corrected chi connectivity index (χ3v) is 4.08. The molecule has 1 heterocycles. The maximum Gasteiger partial charge on any atom is 0.128 e. The maximum atomic E-state index is 13.9. The van der Waals surface area contributed by atoms with Gasteiger partial charge in [0.1, 0.15) is 11.6 Å². The molecule has 3 rings (SSSR count). The maximum absolute atomic E-state index is 13.9. The standard InChI is InChI=1S/C16H14Cl2FNO/c17-11-1-2-14(19)13(8-11)15(20)7-10-6-12(18)5-9-3-4-21-16(9)10/h1-2,5-6,8,15H,3-4,7,20H2. The Balaban J connectivity index is 1.92. The molecular formula is C16H14Cl2FNO. The summed E-state index contributed by atoms with van der Waals surface area (Å²) in [5.74, 6) is 0.476. The van der Waals surface area contributed by atoms with Crippen LogP contribution in [-0.2, 0) is 12.8 Å². The summed E-state index contributed by atoms with van der Waals surface area (Å²) in [6.45, 7) is 0.642. The molecule has 2 nitrogen and oxygen atoms in total. The van der Waals surface area contributed by atoms with Crippen molar-refractivity contribution in [1.82, 2.24) is 0 Å². The molecule has 0 aromatic heterocycles. The third kappa shape index (κ3) is 3.00. The van der Waals surface area contributed by atoms with E-state index in [2.05, 4.69) is 0 Å². The van der Waals surface area contributed by atoms with Gasteiger partial charge in [-0.1, -0.05) is 23.2 Å². The molecule has 0 fully saturated rings. The summed E-state index contributed by atoms with van der Waals surface area (Å²) in [6.07, 6.45) is 1.28. The number of fused-ring (bicyclic) bond motifs is 1. The highest BCUT2D eigenvalue weighted by Crippen LogP contribution is 2.35. The summed E-state index contributed by atoms with van der Waals surface area (Å²) >= 11 is 12.0. The van der Waals surface area contributed by atoms with Gasteiger partial charge in [-0.2, -0.15) is 0 Å². The van der Waals surface area contributed by atoms with Crippen LogP contribution < -0.4 is 10.5 Å². The lowest BCUT2D eigenvalue weighted by Gasteiger charge is -2.16. The van der Waals surface area contributed by atoms with Crippen molar-refractivity contribution in [2.45, 2.75) is 18.9 Å². The van der Waals surface area contributed by atoms with E-state index < -0.39 is 6.04 Å². The lowest BCUT2D eigenvalue weighted by Crippen LogP contribution is -2.15. The van der Waals surface area contributed by atoms with Gasteiger partial charge in [0.05, 0.1) is 6.61 Å². The van der Waals surface area contributed by atoms with Gasteiger partial charge in [0, 0.05) is 28.1 Å². The molecule has 1 atom stereocenters. The summed E-state index contributed by atoms with van der Waals surface area (Å²) in [6, 6.07) is 7.62. The molecule has 21 heavy (non-hydrogen) atoms. The number of hydrogen-bond acceptors (Lipinski definition) is 2. The molecule has 0 amide bonds. The molecule has 2 N–H and O–H groups in total. The monoisotopic (exact) mass is 325 g/mol. The van der Waals surface area contributed by atoms with Crippen molar-refractivity contribution in [3.05, 3.63) is 62.9 Å². The lowest BCUT2D eigenvalue weighted by atomic mass is 9.97. The number of halogens is 3. The third-order valence-electron chi connectivity index (χ3n) is 3.62. The smallest absolute Gasteiger partial charge is 0.128 e. The van der Waals surface area contributed by atoms with E-state index in [1.54, 1.807) is 6.07 Å². The van der Waals surface area contributed by atoms with Crippen LogP contribution in [0.15, 0.2) is 30.3 Å². The van der Waals surface area contributed by atoms with Crippen molar-refractivity contribution in [2.75, 3.05) is 6.61 Å². The molecule has 5 heteroatoms. The predicted molar refractivity (Wildman–Crippen MR) is 82.7 cm³/mol. The first-order valence-corrected chi connectivity index (χ1v) is 7.45. The second kappa shape index (κ2) is 5.84. The average Bonchev–Trinajstić information content (AvgIpc) is 2.89. The number of benzene rings is 2. The average molecular weight is 326 g/mol. The van der Waals surface area contributed by atoms with Crippen molar-refractivity contribution < 1.29 is 9.13 Å². The van der Waals surface area contributed by atoms with Crippen molar-refractivity contribution in [2.24, 2.45) is 5.73 Å². The molecule has 0 spiro atoms. The van der Waals surface area contributed by atoms with Gasteiger partial charge in [-0.15, -0.1) is 0 Å². The van der Waals surface area contributed by atoms with Crippen molar-refractivity contribution in [3.63, 3.8) is 0 Å². The molecule has 0 saturated carbocycles. The molecular weight excluding hydrogens is 312 g/mol. The van der Waals surface area contributed by atoms with Crippen LogP contribution in [-0.4, -0.2) is 6.61 Å². The summed E-state index contributed by atoms with van der Waals surface area (Å²) in [4.78, 5) is 0. The van der Waals surface area contributed by atoms with Crippen LogP contribution in [0.25, 0.3) is 0 Å². The minimum atomic E-state index is -0.504. The Labute approximate surface area is 132 Å². The van der Waals surface area contributed by atoms with Gasteiger partial charge in [0.15, 0.2) is 0 Å². The van der Waals surface area contributed by atoms with Crippen LogP contribution in [0, 0.1) is 5.82 Å². The molecule has 0 saturated heterocycles. The molecule has 1 aliphatic rings. The van der Waals surface area contributed by atoms with Gasteiger partial charge in [-0.25, -0.2) is 4.39 Å². The Hall–Kier alpha value is -1.29. The van der Waals surface area contributed by atoms with Crippen LogP contribution in [0.3, 0.4) is 0 Å². The summed E-state index contributed by atoms with van der Waals surface area (Å²) in [5.41, 5.74) is 8.53. The highest BCUT2D eigenvalue weighted by molar-refractivity contribution is 6.31. The Morgan fingerprint density at radius 3 is 2.81 bits per heavy atom. The van der Waals surface area contributed by atoms with Gasteiger partial charge in [0.25, 0.3) is 0 Å². The van der Waals surface area contributed by atoms with Crippen LogP contribution in [0.2, 0.25) is 10.0 Å². The fourth-order valence-electron chi connectivity index (χ4n) is 2.64. The minimum Gasteiger partial charge on any atom is -0.493 e. The van der Waals surface area contributed by atoms with E-state index in [4.69, 9.17) is 33.7 Å². The normalized spacial score (nSPS) is 14.7. The van der Waals surface area contributed by atoms with E-state index in [9.17, 15) is 4.39 Å². The van der Waals surface area contributed by atoms with Crippen molar-refractivity contribution >= 4 is 23.2 Å². The zero-order valence-corrected chi connectivity index (χ0v) is 12.7. The Bertz CT molecular complexity index is 690. The summed E-state index contributed by atoms with van der Waals surface area (Å²) in [7, 11) is 0. The van der Waals surface area contributed by atoms with E-state index in [1.807, 2.05) is 12.1 Å². The molecule has 110 valence electrons. The SMILES string of the molecule is NC(Cc1cc(Cl)cc2c1OCC2)c1cc(Cl)ccc1F. The Morgan fingerprint density at radius 1 is 1.19 bits per heavy atom. The number of rotatable bonds is 3. The second-order valence-electron chi connectivity index (χ2n) is 5.13. The lowest BCUT2D eigenvalue weighted by molar-refractivity contribution is 0.352. The van der Waals surface area contributed by atoms with Crippen LogP contribution in [0.1, 0.15) is 22.7 Å². The summed E-state index contributed by atoms with van der Waals surface area (Å²) in [5, 5.41) is 1.11. The zero-order chi connectivity index (χ0) is 15.0. The molecule has 0 radical (unpaired) electrons. The van der Waals surface area contributed by atoms with Crippen molar-refractivity contribution in [3.8, 4) is 5.75 Å². The number of nitrogens with two attached hydrogens (primary N) is 1. The van der Waals surface area contributed by atoms with Gasteiger partial charge < -0.3 is 10.5 Å². The zero-order valence-electron chi connectivity index (χ0n) is 11.2. The van der Waals surface area contributed by atoms with E-state index in [0.717, 1.165) is 23.3 Å². The topological polar surface area (TPSA) is 35.2 Å². The van der Waals surface area contributed by atoms with Gasteiger partial charge in [-0.3, -0.25) is 0 Å². The molecule has 2 aromatic carbocycles. The van der Waals surface area contributed by atoms with Crippen LogP contribution in [0.5, 0.6) is 5.75 Å². The van der Waals surface area contributed by atoms with Crippen LogP contribution in [0.4, 0.5) is 4.39 Å². The van der Waals surface area contributed by atoms with E-state index >= 15 is 0 Å². The molecule has 2 aromatic rings. The predicted octanol–water partition coefficient (Wildman–Crippen LogP) is 4.31. The molecule has 0 bridgehead atoms. The second-order valence-corrected chi connectivity index (χ2v) is 6.00. The first-order valence-electron chi connectivity index (χ1n) is 6.69. The quantitative estimate of drug-likeness (QED) is 0.912. The van der Waals surface area contributed by atoms with E-state index in [-0.39, 0.29) is 5.82 Å². The first-order chi connectivity index (χ1) is 10.0.